The molecule has 0 aliphatic rings. The zero-order valence-corrected chi connectivity index (χ0v) is 11.4. The van der Waals surface area contributed by atoms with E-state index in [9.17, 15) is 0 Å². The van der Waals surface area contributed by atoms with E-state index in [1.165, 1.54) is 4.90 Å². The van der Waals surface area contributed by atoms with E-state index in [-0.39, 0.29) is 0 Å². The average molecular weight is 248 g/mol. The van der Waals surface area contributed by atoms with E-state index in [1.807, 2.05) is 24.3 Å². The maximum Gasteiger partial charge on any atom is 0.0388 e. The summed E-state index contributed by atoms with van der Waals surface area (Å²) in [5, 5.41) is 0. The average Bonchev–Trinajstić information content (AvgIpc) is 2.35. The zero-order chi connectivity index (χ0) is 12.8. The summed E-state index contributed by atoms with van der Waals surface area (Å²) in [6, 6.07) is 8.18. The molecule has 3 heteroatoms. The Morgan fingerprint density at radius 1 is 1.12 bits per heavy atom. The third kappa shape index (κ3) is 4.19. The van der Waals surface area contributed by atoms with E-state index in [4.69, 9.17) is 11.5 Å². The first kappa shape index (κ1) is 13.7. The lowest BCUT2D eigenvalue weighted by Gasteiger charge is -2.04. The van der Waals surface area contributed by atoms with E-state index in [0.717, 1.165) is 17.0 Å². The van der Waals surface area contributed by atoms with Crippen LogP contribution in [-0.4, -0.2) is 6.26 Å². The summed E-state index contributed by atoms with van der Waals surface area (Å²) in [6.07, 6.45) is 5.80. The van der Waals surface area contributed by atoms with Crippen molar-refractivity contribution in [3.8, 4) is 0 Å². The van der Waals surface area contributed by atoms with Crippen molar-refractivity contribution in [2.45, 2.75) is 18.7 Å². The van der Waals surface area contributed by atoms with Gasteiger partial charge in [0.2, 0.25) is 0 Å². The van der Waals surface area contributed by atoms with Crippen molar-refractivity contribution >= 4 is 17.5 Å². The summed E-state index contributed by atoms with van der Waals surface area (Å²) in [5.41, 5.74) is 14.4. The molecule has 0 unspecified atom stereocenters. The summed E-state index contributed by atoms with van der Waals surface area (Å²) in [5.74, 6) is 0.345. The van der Waals surface area contributed by atoms with Gasteiger partial charge in [-0.3, -0.25) is 0 Å². The maximum absolute atomic E-state index is 5.99. The summed E-state index contributed by atoms with van der Waals surface area (Å²) < 4.78 is 0. The summed E-state index contributed by atoms with van der Waals surface area (Å²) in [4.78, 5) is 1.23. The van der Waals surface area contributed by atoms with Crippen molar-refractivity contribution in [2.24, 2.45) is 17.4 Å². The number of hydrogen-bond donors (Lipinski definition) is 2. The number of hydrogen-bond acceptors (Lipinski definition) is 3. The minimum atomic E-state index is 0.345. The molecule has 2 nitrogen and oxygen atoms in total. The predicted octanol–water partition coefficient (Wildman–Crippen LogP) is 3.21. The maximum atomic E-state index is 5.99. The largest absolute Gasteiger partial charge is 0.402 e. The van der Waals surface area contributed by atoms with Crippen LogP contribution in [0, 0.1) is 5.92 Å². The lowest BCUT2D eigenvalue weighted by Crippen LogP contribution is -2.04. The Morgan fingerprint density at radius 3 is 2.18 bits per heavy atom. The summed E-state index contributed by atoms with van der Waals surface area (Å²) >= 11 is 1.72. The molecule has 0 heterocycles. The third-order valence-electron chi connectivity index (χ3n) is 2.55. The van der Waals surface area contributed by atoms with Crippen LogP contribution in [-0.2, 0) is 0 Å². The van der Waals surface area contributed by atoms with Crippen molar-refractivity contribution in [3.05, 3.63) is 47.7 Å². The lowest BCUT2D eigenvalue weighted by atomic mass is 10.1. The van der Waals surface area contributed by atoms with Gasteiger partial charge in [0.05, 0.1) is 0 Å². The Labute approximate surface area is 108 Å². The van der Waals surface area contributed by atoms with E-state index in [1.54, 1.807) is 11.8 Å². The van der Waals surface area contributed by atoms with Crippen LogP contribution in [0.4, 0.5) is 0 Å². The molecular weight excluding hydrogens is 228 g/mol. The van der Waals surface area contributed by atoms with E-state index >= 15 is 0 Å². The fourth-order valence-corrected chi connectivity index (χ4v) is 1.67. The molecule has 0 spiro atoms. The van der Waals surface area contributed by atoms with Gasteiger partial charge in [0, 0.05) is 16.3 Å². The first-order valence-electron chi connectivity index (χ1n) is 5.62. The highest BCUT2D eigenvalue weighted by Crippen LogP contribution is 2.17. The Balaban J connectivity index is 2.84. The van der Waals surface area contributed by atoms with Gasteiger partial charge in [-0.2, -0.15) is 0 Å². The molecule has 92 valence electrons. The molecule has 0 bridgehead atoms. The minimum Gasteiger partial charge on any atom is -0.402 e. The van der Waals surface area contributed by atoms with Crippen molar-refractivity contribution in [3.63, 3.8) is 0 Å². The van der Waals surface area contributed by atoms with Crippen LogP contribution in [0.15, 0.2) is 47.0 Å². The van der Waals surface area contributed by atoms with Crippen molar-refractivity contribution in [1.29, 1.82) is 0 Å². The number of benzene rings is 1. The van der Waals surface area contributed by atoms with Crippen LogP contribution in [0.25, 0.3) is 5.70 Å². The first-order chi connectivity index (χ1) is 8.04. The van der Waals surface area contributed by atoms with E-state index in [0.29, 0.717) is 5.92 Å². The van der Waals surface area contributed by atoms with Gasteiger partial charge in [-0.1, -0.05) is 26.0 Å². The van der Waals surface area contributed by atoms with Crippen LogP contribution < -0.4 is 11.5 Å². The molecule has 1 rings (SSSR count). The monoisotopic (exact) mass is 248 g/mol. The van der Waals surface area contributed by atoms with Gasteiger partial charge in [-0.05, 0) is 42.0 Å². The number of allylic oxidation sites excluding steroid dienone is 3. The van der Waals surface area contributed by atoms with Gasteiger partial charge < -0.3 is 11.5 Å². The smallest absolute Gasteiger partial charge is 0.0388 e. The molecular formula is C14H20N2S. The number of rotatable bonds is 4. The highest BCUT2D eigenvalue weighted by Gasteiger charge is 1.98. The van der Waals surface area contributed by atoms with Crippen LogP contribution in [0.5, 0.6) is 0 Å². The Bertz CT molecular complexity index is 416. The van der Waals surface area contributed by atoms with Crippen molar-refractivity contribution in [1.82, 2.24) is 0 Å². The van der Waals surface area contributed by atoms with Gasteiger partial charge in [-0.15, -0.1) is 11.8 Å². The van der Waals surface area contributed by atoms with E-state index < -0.39 is 0 Å². The van der Waals surface area contributed by atoms with Crippen LogP contribution in [0.3, 0.4) is 0 Å². The van der Waals surface area contributed by atoms with Gasteiger partial charge in [0.15, 0.2) is 0 Å². The van der Waals surface area contributed by atoms with E-state index in [2.05, 4.69) is 32.2 Å². The minimum absolute atomic E-state index is 0.345. The second-order valence-corrected chi connectivity index (χ2v) is 5.05. The summed E-state index contributed by atoms with van der Waals surface area (Å²) in [6.45, 7) is 4.12. The normalized spacial score (nSPS) is 13.2. The quantitative estimate of drug-likeness (QED) is 0.635. The molecule has 0 aliphatic carbocycles. The number of nitrogens with two attached hydrogens (primary N) is 2. The topological polar surface area (TPSA) is 52.0 Å². The SMILES string of the molecule is CSc1ccc(/C(N)=C/C=C(\N)C(C)C)cc1. The Kier molecular flexibility index (Phi) is 5.16. The van der Waals surface area contributed by atoms with Crippen LogP contribution in [0.1, 0.15) is 19.4 Å². The molecule has 0 radical (unpaired) electrons. The van der Waals surface area contributed by atoms with Gasteiger partial charge in [0.1, 0.15) is 0 Å². The molecule has 1 aromatic carbocycles. The molecule has 0 atom stereocenters. The highest BCUT2D eigenvalue weighted by atomic mass is 32.2. The first-order valence-corrected chi connectivity index (χ1v) is 6.84. The number of thioether (sulfide) groups is 1. The fourth-order valence-electron chi connectivity index (χ4n) is 1.26. The molecule has 0 fully saturated rings. The Morgan fingerprint density at radius 2 is 1.71 bits per heavy atom. The second-order valence-electron chi connectivity index (χ2n) is 4.17. The molecule has 4 N–H and O–H groups in total. The molecule has 0 saturated carbocycles. The van der Waals surface area contributed by atoms with Crippen LogP contribution in [0.2, 0.25) is 0 Å². The lowest BCUT2D eigenvalue weighted by molar-refractivity contribution is 0.757. The molecule has 17 heavy (non-hydrogen) atoms. The standard InChI is InChI=1S/C14H20N2S/c1-10(2)13(15)8-9-14(16)11-4-6-12(17-3)7-5-11/h4-10H,15-16H2,1-3H3/b13-8-,14-9-. The van der Waals surface area contributed by atoms with Gasteiger partial charge in [-0.25, -0.2) is 0 Å². The fraction of sp³-hybridized carbons (Fsp3) is 0.286. The molecule has 0 aromatic heterocycles. The molecule has 0 amide bonds. The highest BCUT2D eigenvalue weighted by molar-refractivity contribution is 7.98. The summed E-state index contributed by atoms with van der Waals surface area (Å²) in [7, 11) is 0. The van der Waals surface area contributed by atoms with Crippen LogP contribution >= 0.6 is 11.8 Å². The van der Waals surface area contributed by atoms with Gasteiger partial charge in [0.25, 0.3) is 0 Å². The van der Waals surface area contributed by atoms with Gasteiger partial charge >= 0.3 is 0 Å². The predicted molar refractivity (Wildman–Crippen MR) is 77.5 cm³/mol. The Hall–Kier alpha value is -1.35. The third-order valence-corrected chi connectivity index (χ3v) is 3.29. The van der Waals surface area contributed by atoms with Crippen molar-refractivity contribution in [2.75, 3.05) is 6.26 Å². The molecule has 0 aliphatic heterocycles. The molecule has 0 saturated heterocycles. The molecule has 1 aromatic rings. The second kappa shape index (κ2) is 6.40. The zero-order valence-electron chi connectivity index (χ0n) is 10.6. The van der Waals surface area contributed by atoms with Crippen molar-refractivity contribution < 1.29 is 0 Å².